The number of piperazine rings is 1. The summed E-state index contributed by atoms with van der Waals surface area (Å²) in [7, 11) is 0. The van der Waals surface area contributed by atoms with Gasteiger partial charge in [0.2, 0.25) is 0 Å². The van der Waals surface area contributed by atoms with Gasteiger partial charge in [-0.05, 0) is 61.7 Å². The molecule has 2 aromatic carbocycles. The van der Waals surface area contributed by atoms with E-state index in [0.717, 1.165) is 25.2 Å². The zero-order chi connectivity index (χ0) is 17.8. The second-order valence-electron chi connectivity index (χ2n) is 7.24. The number of nitrogen functional groups attached to an aromatic ring is 1. The largest absolute Gasteiger partial charge is 0.399 e. The van der Waals surface area contributed by atoms with E-state index in [1.165, 1.54) is 54.6 Å². The molecular weight excluding hydrogens is 320 g/mol. The molecule has 0 spiro atoms. The van der Waals surface area contributed by atoms with E-state index in [9.17, 15) is 0 Å². The van der Waals surface area contributed by atoms with Gasteiger partial charge in [-0.15, -0.1) is 0 Å². The van der Waals surface area contributed by atoms with Gasteiger partial charge in [-0.3, -0.25) is 4.90 Å². The Hall–Kier alpha value is -2.46. The number of unbranched alkanes of at least 4 members (excludes halogenated alkanes) is 1. The van der Waals surface area contributed by atoms with E-state index in [1.54, 1.807) is 0 Å². The van der Waals surface area contributed by atoms with Crippen molar-refractivity contribution in [2.75, 3.05) is 43.4 Å². The lowest BCUT2D eigenvalue weighted by Gasteiger charge is -2.36. The normalized spacial score (nSPS) is 15.6. The number of rotatable bonds is 6. The van der Waals surface area contributed by atoms with Crippen LogP contribution in [0.25, 0.3) is 10.9 Å². The Balaban J connectivity index is 1.21. The second-order valence-corrected chi connectivity index (χ2v) is 7.24. The van der Waals surface area contributed by atoms with Crippen LogP contribution in [-0.2, 0) is 6.42 Å². The van der Waals surface area contributed by atoms with E-state index < -0.39 is 0 Å². The summed E-state index contributed by atoms with van der Waals surface area (Å²) in [5.41, 5.74) is 10.7. The van der Waals surface area contributed by atoms with Crippen LogP contribution in [0.2, 0.25) is 0 Å². The van der Waals surface area contributed by atoms with Crippen LogP contribution in [-0.4, -0.2) is 42.6 Å². The van der Waals surface area contributed by atoms with Crippen LogP contribution in [0.4, 0.5) is 11.4 Å². The third kappa shape index (κ3) is 3.86. The number of aromatic nitrogens is 1. The van der Waals surface area contributed by atoms with E-state index in [1.807, 2.05) is 6.07 Å². The van der Waals surface area contributed by atoms with Crippen LogP contribution < -0.4 is 10.6 Å². The number of benzene rings is 2. The molecule has 1 aliphatic heterocycles. The molecule has 1 aromatic heterocycles. The van der Waals surface area contributed by atoms with Gasteiger partial charge >= 0.3 is 0 Å². The molecule has 26 heavy (non-hydrogen) atoms. The first kappa shape index (κ1) is 17.0. The molecule has 3 aromatic rings. The van der Waals surface area contributed by atoms with E-state index in [0.29, 0.717) is 0 Å². The van der Waals surface area contributed by atoms with Crippen molar-refractivity contribution in [2.45, 2.75) is 19.3 Å². The molecule has 0 bridgehead atoms. The Bertz CT molecular complexity index is 832. The second kappa shape index (κ2) is 7.83. The van der Waals surface area contributed by atoms with Crippen molar-refractivity contribution < 1.29 is 0 Å². The highest BCUT2D eigenvalue weighted by Gasteiger charge is 2.16. The Morgan fingerprint density at radius 2 is 1.73 bits per heavy atom. The van der Waals surface area contributed by atoms with Gasteiger partial charge < -0.3 is 15.6 Å². The summed E-state index contributed by atoms with van der Waals surface area (Å²) in [6, 6.07) is 16.9. The number of nitrogens with zero attached hydrogens (tertiary/aromatic N) is 2. The number of hydrogen-bond donors (Lipinski definition) is 2. The summed E-state index contributed by atoms with van der Waals surface area (Å²) in [6.45, 7) is 5.79. The Kier molecular flexibility index (Phi) is 5.12. The number of anilines is 2. The summed E-state index contributed by atoms with van der Waals surface area (Å²) < 4.78 is 0. The smallest absolute Gasteiger partial charge is 0.0458 e. The molecule has 136 valence electrons. The van der Waals surface area contributed by atoms with Crippen molar-refractivity contribution in [3.05, 3.63) is 60.3 Å². The third-order valence-electron chi connectivity index (χ3n) is 5.46. The maximum Gasteiger partial charge on any atom is 0.0458 e. The lowest BCUT2D eigenvalue weighted by molar-refractivity contribution is 0.253. The van der Waals surface area contributed by atoms with Gasteiger partial charge in [-0.1, -0.05) is 18.2 Å². The summed E-state index contributed by atoms with van der Waals surface area (Å²) in [6.07, 6.45) is 5.73. The molecule has 1 aliphatic rings. The first-order valence-electron chi connectivity index (χ1n) is 9.67. The predicted octanol–water partition coefficient (Wildman–Crippen LogP) is 3.90. The number of fused-ring (bicyclic) bond motifs is 1. The number of nitrogens with one attached hydrogen (secondary N) is 1. The van der Waals surface area contributed by atoms with E-state index in [-0.39, 0.29) is 0 Å². The number of aryl methyl sites for hydroxylation is 1. The summed E-state index contributed by atoms with van der Waals surface area (Å²) in [5.74, 6) is 0. The standard InChI is InChI=1S/C22H28N4/c23-19-9-10-22-21(16-19)18(17-24-22)6-4-5-11-25-12-14-26(15-13-25)20-7-2-1-3-8-20/h1-3,7-10,16-17,24H,4-6,11-15,23H2. The molecule has 0 amide bonds. The zero-order valence-corrected chi connectivity index (χ0v) is 15.3. The predicted molar refractivity (Wildman–Crippen MR) is 111 cm³/mol. The molecule has 0 atom stereocenters. The van der Waals surface area contributed by atoms with Crippen molar-refractivity contribution >= 4 is 22.3 Å². The number of hydrogen-bond acceptors (Lipinski definition) is 3. The van der Waals surface area contributed by atoms with Gasteiger partial charge in [-0.25, -0.2) is 0 Å². The van der Waals surface area contributed by atoms with Gasteiger partial charge in [0, 0.05) is 54.7 Å². The quantitative estimate of drug-likeness (QED) is 0.525. The topological polar surface area (TPSA) is 48.3 Å². The van der Waals surface area contributed by atoms with Crippen molar-refractivity contribution in [3.63, 3.8) is 0 Å². The van der Waals surface area contributed by atoms with Crippen LogP contribution in [0.15, 0.2) is 54.7 Å². The molecule has 0 aliphatic carbocycles. The average molecular weight is 348 g/mol. The molecule has 0 saturated carbocycles. The maximum atomic E-state index is 5.93. The van der Waals surface area contributed by atoms with E-state index in [4.69, 9.17) is 5.73 Å². The summed E-state index contributed by atoms with van der Waals surface area (Å²) in [5, 5.41) is 1.28. The summed E-state index contributed by atoms with van der Waals surface area (Å²) in [4.78, 5) is 8.45. The molecule has 1 saturated heterocycles. The van der Waals surface area contributed by atoms with Crippen molar-refractivity contribution in [2.24, 2.45) is 0 Å². The molecule has 2 heterocycles. The highest BCUT2D eigenvalue weighted by Crippen LogP contribution is 2.22. The van der Waals surface area contributed by atoms with Crippen LogP contribution >= 0.6 is 0 Å². The lowest BCUT2D eigenvalue weighted by Crippen LogP contribution is -2.46. The number of H-pyrrole nitrogens is 1. The van der Waals surface area contributed by atoms with Crippen molar-refractivity contribution in [1.82, 2.24) is 9.88 Å². The van der Waals surface area contributed by atoms with Crippen LogP contribution in [0.3, 0.4) is 0 Å². The molecule has 1 fully saturated rings. The van der Waals surface area contributed by atoms with Gasteiger partial charge in [0.15, 0.2) is 0 Å². The lowest BCUT2D eigenvalue weighted by atomic mass is 10.1. The van der Waals surface area contributed by atoms with Gasteiger partial charge in [0.25, 0.3) is 0 Å². The molecule has 4 rings (SSSR count). The van der Waals surface area contributed by atoms with Crippen molar-refractivity contribution in [1.29, 1.82) is 0 Å². The summed E-state index contributed by atoms with van der Waals surface area (Å²) >= 11 is 0. The highest BCUT2D eigenvalue weighted by molar-refractivity contribution is 5.86. The first-order chi connectivity index (χ1) is 12.8. The number of aromatic amines is 1. The zero-order valence-electron chi connectivity index (χ0n) is 15.3. The molecule has 0 unspecified atom stereocenters. The molecular formula is C22H28N4. The van der Waals surface area contributed by atoms with Gasteiger partial charge in [-0.2, -0.15) is 0 Å². The molecule has 3 N–H and O–H groups in total. The number of para-hydroxylation sites is 1. The first-order valence-corrected chi connectivity index (χ1v) is 9.67. The Morgan fingerprint density at radius 1 is 0.923 bits per heavy atom. The average Bonchev–Trinajstić information content (AvgIpc) is 3.08. The third-order valence-corrected chi connectivity index (χ3v) is 5.46. The molecule has 0 radical (unpaired) electrons. The molecule has 4 nitrogen and oxygen atoms in total. The number of nitrogens with two attached hydrogens (primary N) is 1. The fourth-order valence-electron chi connectivity index (χ4n) is 3.92. The highest BCUT2D eigenvalue weighted by atomic mass is 15.3. The fourth-order valence-corrected chi connectivity index (χ4v) is 3.92. The van der Waals surface area contributed by atoms with Gasteiger partial charge in [0.1, 0.15) is 0 Å². The maximum absolute atomic E-state index is 5.93. The van der Waals surface area contributed by atoms with Crippen molar-refractivity contribution in [3.8, 4) is 0 Å². The fraction of sp³-hybridized carbons (Fsp3) is 0.364. The minimum Gasteiger partial charge on any atom is -0.399 e. The molecule has 4 heteroatoms. The monoisotopic (exact) mass is 348 g/mol. The van der Waals surface area contributed by atoms with Crippen LogP contribution in [0, 0.1) is 0 Å². The Labute approximate surface area is 155 Å². The Morgan fingerprint density at radius 3 is 2.54 bits per heavy atom. The SMILES string of the molecule is Nc1ccc2[nH]cc(CCCCN3CCN(c4ccccc4)CC3)c2c1. The van der Waals surface area contributed by atoms with E-state index >= 15 is 0 Å². The van der Waals surface area contributed by atoms with E-state index in [2.05, 4.69) is 63.4 Å². The van der Waals surface area contributed by atoms with Crippen LogP contribution in [0.1, 0.15) is 18.4 Å². The van der Waals surface area contributed by atoms with Gasteiger partial charge in [0.05, 0.1) is 0 Å². The van der Waals surface area contributed by atoms with Crippen LogP contribution in [0.5, 0.6) is 0 Å². The minimum atomic E-state index is 0.842. The minimum absolute atomic E-state index is 0.842.